The standard InChI is InChI=1S/2C8H17.C6H14O2.C4H6O3S2.Sn/c2*1-3-5-7-8-6-4-2;1-2-3-5-8-6-4-7;5-2(4(7)9)1-3(6)8;/h2*1,3-8H2,2H3;7H,2-6H2,1H3;2,5H,1H2,(H,6,8)(H,7,9);/q;;;;+2/p-2. The summed E-state index contributed by atoms with van der Waals surface area (Å²) in [5.74, 6) is 0. The molecule has 34 heavy (non-hydrogen) atoms. The molecule has 0 rings (SSSR count). The first-order valence-corrected chi connectivity index (χ1v) is 18.2. The molecule has 0 aliphatic rings. The van der Waals surface area contributed by atoms with Crippen molar-refractivity contribution in [2.45, 2.75) is 132 Å². The second-order valence-corrected chi connectivity index (χ2v) is 13.5. The van der Waals surface area contributed by atoms with Crippen molar-refractivity contribution in [2.24, 2.45) is 0 Å². The van der Waals surface area contributed by atoms with Gasteiger partial charge < -0.3 is 25.2 Å². The molecule has 1 atom stereocenters. The maximum Gasteiger partial charge on any atom is 0.0787 e. The monoisotopic (exact) mass is 628 g/mol. The molecule has 0 saturated heterocycles. The SMILES string of the molecule is CCCCCCC[CH2][Sn+2][CH2]CCCCCCC.CCCCOCCO.[O-]C(=S)CC(O)C([O-])=S. The van der Waals surface area contributed by atoms with Crippen molar-refractivity contribution in [1.29, 1.82) is 0 Å². The molecule has 0 aromatic heterocycles. The van der Waals surface area contributed by atoms with Crippen LogP contribution in [0.2, 0.25) is 8.87 Å². The molecule has 0 aliphatic carbocycles. The Balaban J connectivity index is -0.000000474. The molecule has 2 N–H and O–H groups in total. The van der Waals surface area contributed by atoms with Crippen LogP contribution in [0.3, 0.4) is 0 Å². The Morgan fingerprint density at radius 2 is 1.18 bits per heavy atom. The molecule has 0 aromatic carbocycles. The van der Waals surface area contributed by atoms with Crippen LogP contribution in [0.25, 0.3) is 0 Å². The zero-order valence-electron chi connectivity index (χ0n) is 22.2. The smallest absolute Gasteiger partial charge is 0.0787 e. The van der Waals surface area contributed by atoms with Gasteiger partial charge >= 0.3 is 121 Å². The van der Waals surface area contributed by atoms with Gasteiger partial charge in [0.2, 0.25) is 0 Å². The minimum Gasteiger partial charge on any atom is -0.867 e. The quantitative estimate of drug-likeness (QED) is 0.0974. The van der Waals surface area contributed by atoms with Crippen LogP contribution >= 0.6 is 24.4 Å². The Kier molecular flexibility index (Phi) is 40.8. The second kappa shape index (κ2) is 35.6. The van der Waals surface area contributed by atoms with Crippen molar-refractivity contribution < 1.29 is 25.2 Å². The van der Waals surface area contributed by atoms with Gasteiger partial charge in [-0.25, -0.2) is 0 Å². The van der Waals surface area contributed by atoms with E-state index in [9.17, 15) is 10.2 Å². The third kappa shape index (κ3) is 42.6. The Bertz CT molecular complexity index is 395. The van der Waals surface area contributed by atoms with Gasteiger partial charge in [-0.1, -0.05) is 30.6 Å². The molecule has 5 nitrogen and oxygen atoms in total. The van der Waals surface area contributed by atoms with Crippen LogP contribution in [-0.4, -0.2) is 67.4 Å². The molecule has 0 fully saturated rings. The van der Waals surface area contributed by atoms with E-state index in [1.807, 2.05) is 0 Å². The van der Waals surface area contributed by atoms with Gasteiger partial charge in [0.05, 0.1) is 19.3 Å². The van der Waals surface area contributed by atoms with Gasteiger partial charge in [-0.2, -0.15) is 0 Å². The normalized spacial score (nSPS) is 10.9. The number of rotatable bonds is 22. The maximum atomic E-state index is 10.0. The molecule has 0 spiro atoms. The Hall–Kier alpha value is 0.459. The van der Waals surface area contributed by atoms with Gasteiger partial charge in [-0.3, -0.25) is 0 Å². The predicted molar refractivity (Wildman–Crippen MR) is 151 cm³/mol. The summed E-state index contributed by atoms with van der Waals surface area (Å²) in [6.45, 7) is 8.13. The Morgan fingerprint density at radius 1 is 0.735 bits per heavy atom. The van der Waals surface area contributed by atoms with Gasteiger partial charge in [-0.05, 0) is 17.9 Å². The molecule has 0 radical (unpaired) electrons. The van der Waals surface area contributed by atoms with Crippen molar-refractivity contribution in [3.05, 3.63) is 0 Å². The summed E-state index contributed by atoms with van der Waals surface area (Å²) in [6.07, 6.45) is 18.4. The number of hydrogen-bond donors (Lipinski definition) is 2. The number of unbranched alkanes of at least 4 members (excludes halogenated alkanes) is 11. The van der Waals surface area contributed by atoms with Crippen molar-refractivity contribution in [3.63, 3.8) is 0 Å². The first kappa shape index (κ1) is 39.0. The summed E-state index contributed by atoms with van der Waals surface area (Å²) in [5, 5.41) is 35.4. The number of ether oxygens (including phenoxy) is 1. The van der Waals surface area contributed by atoms with E-state index < -0.39 is 16.2 Å². The van der Waals surface area contributed by atoms with Crippen LogP contribution in [-0.2, 0) is 4.74 Å². The third-order valence-electron chi connectivity index (χ3n) is 4.92. The average Bonchev–Trinajstić information content (AvgIpc) is 2.80. The fourth-order valence-electron chi connectivity index (χ4n) is 2.84. The minimum atomic E-state index is -1.38. The molecule has 8 heteroatoms. The molecule has 0 bridgehead atoms. The molecule has 0 aromatic rings. The molecule has 1 unspecified atom stereocenters. The van der Waals surface area contributed by atoms with E-state index >= 15 is 0 Å². The minimum absolute atomic E-state index is 0.0736. The van der Waals surface area contributed by atoms with Crippen LogP contribution in [0.5, 0.6) is 0 Å². The summed E-state index contributed by atoms with van der Waals surface area (Å²) in [6, 6.07) is 0. The second-order valence-electron chi connectivity index (χ2n) is 8.39. The van der Waals surface area contributed by atoms with E-state index in [1.54, 1.807) is 21.7 Å². The van der Waals surface area contributed by atoms with Crippen LogP contribution in [0.4, 0.5) is 0 Å². The van der Waals surface area contributed by atoms with Gasteiger partial charge in [0.25, 0.3) is 0 Å². The molecule has 0 aliphatic heterocycles. The van der Waals surface area contributed by atoms with E-state index in [4.69, 9.17) is 14.9 Å². The number of aliphatic hydroxyl groups is 2. The van der Waals surface area contributed by atoms with Crippen LogP contribution in [0, 0.1) is 0 Å². The first-order chi connectivity index (χ1) is 16.4. The summed E-state index contributed by atoms with van der Waals surface area (Å²) in [4.78, 5) is 0. The Labute approximate surface area is 231 Å². The van der Waals surface area contributed by atoms with E-state index in [0.717, 1.165) is 19.4 Å². The van der Waals surface area contributed by atoms with E-state index in [-0.39, 0.29) is 34.2 Å². The number of aliphatic hydroxyl groups excluding tert-OH is 2. The first-order valence-electron chi connectivity index (χ1n) is 13.3. The van der Waals surface area contributed by atoms with E-state index in [0.29, 0.717) is 6.61 Å². The average molecular weight is 628 g/mol. The summed E-state index contributed by atoms with van der Waals surface area (Å²) in [7, 11) is 0. The topological polar surface area (TPSA) is 95.8 Å². The molecule has 202 valence electrons. The molecule has 0 heterocycles. The zero-order chi connectivity index (χ0) is 26.3. The zero-order valence-corrected chi connectivity index (χ0v) is 26.6. The van der Waals surface area contributed by atoms with E-state index in [1.165, 1.54) is 64.2 Å². The predicted octanol–water partition coefficient (Wildman–Crippen LogP) is 5.16. The summed E-state index contributed by atoms with van der Waals surface area (Å²) < 4.78 is 8.29. The van der Waals surface area contributed by atoms with Crippen LogP contribution in [0.15, 0.2) is 0 Å². The molecular weight excluding hydrogens is 575 g/mol. The summed E-state index contributed by atoms with van der Waals surface area (Å²) in [5.41, 5.74) is 0. The van der Waals surface area contributed by atoms with Crippen LogP contribution in [0.1, 0.15) is 117 Å². The third-order valence-corrected chi connectivity index (χ3v) is 9.40. The molecule has 0 amide bonds. The van der Waals surface area contributed by atoms with Crippen molar-refractivity contribution in [2.75, 3.05) is 19.8 Å². The van der Waals surface area contributed by atoms with Crippen LogP contribution < -0.4 is 10.2 Å². The number of thiocarbonyl (C=S) groups is 2. The largest absolute Gasteiger partial charge is 0.867 e. The summed E-state index contributed by atoms with van der Waals surface area (Å²) >= 11 is 8.18. The van der Waals surface area contributed by atoms with Gasteiger partial charge in [0, 0.05) is 6.61 Å². The molecular formula is C26H52O5S2Sn. The Morgan fingerprint density at radius 3 is 1.53 bits per heavy atom. The van der Waals surface area contributed by atoms with Crippen molar-refractivity contribution in [1.82, 2.24) is 0 Å². The molecule has 0 saturated carbocycles. The van der Waals surface area contributed by atoms with Crippen molar-refractivity contribution >= 4 is 55.7 Å². The van der Waals surface area contributed by atoms with Gasteiger partial charge in [-0.15, -0.1) is 12.2 Å². The maximum absolute atomic E-state index is 10.0. The van der Waals surface area contributed by atoms with Gasteiger partial charge in [0.1, 0.15) is 0 Å². The number of hydrogen-bond acceptors (Lipinski definition) is 7. The van der Waals surface area contributed by atoms with Crippen molar-refractivity contribution in [3.8, 4) is 0 Å². The fraction of sp³-hybridized carbons (Fsp3) is 0.923. The van der Waals surface area contributed by atoms with Gasteiger partial charge in [0.15, 0.2) is 0 Å². The fourth-order valence-corrected chi connectivity index (χ4v) is 6.65. The van der Waals surface area contributed by atoms with E-state index in [2.05, 4.69) is 45.2 Å².